The highest BCUT2D eigenvalue weighted by Crippen LogP contribution is 2.36. The van der Waals surface area contributed by atoms with Gasteiger partial charge in [0.15, 0.2) is 12.3 Å². The lowest BCUT2D eigenvalue weighted by Crippen LogP contribution is -2.39. The molecule has 1 heterocycles. The van der Waals surface area contributed by atoms with E-state index in [0.717, 1.165) is 11.3 Å². The maximum absolute atomic E-state index is 11.8. The van der Waals surface area contributed by atoms with Crippen molar-refractivity contribution in [3.05, 3.63) is 29.8 Å². The first kappa shape index (κ1) is 13.7. The van der Waals surface area contributed by atoms with E-state index in [1.807, 2.05) is 57.1 Å². The number of ether oxygens (including phenoxy) is 1. The Balaban J connectivity index is 2.36. The molecule has 0 radical (unpaired) electrons. The van der Waals surface area contributed by atoms with Gasteiger partial charge in [0.2, 0.25) is 0 Å². The standard InChI is InChI=1S/C14H20N2O3/c1-9(2)16-13(17)12(19-14(16)18)10-7-5-6-8-11(10)15(3)4/h5-9,12-13,17H,1-4H3. The normalized spacial score (nSPS) is 22.8. The monoisotopic (exact) mass is 264 g/mol. The zero-order valence-electron chi connectivity index (χ0n) is 11.7. The van der Waals surface area contributed by atoms with E-state index in [2.05, 4.69) is 0 Å². The van der Waals surface area contributed by atoms with Crippen molar-refractivity contribution in [1.29, 1.82) is 0 Å². The number of rotatable bonds is 3. The number of benzene rings is 1. The number of hydrogen-bond acceptors (Lipinski definition) is 4. The molecule has 19 heavy (non-hydrogen) atoms. The first-order chi connectivity index (χ1) is 8.93. The lowest BCUT2D eigenvalue weighted by atomic mass is 10.0. The molecule has 0 aromatic heterocycles. The molecule has 1 amide bonds. The molecule has 0 bridgehead atoms. The van der Waals surface area contributed by atoms with Crippen molar-refractivity contribution >= 4 is 11.8 Å². The summed E-state index contributed by atoms with van der Waals surface area (Å²) >= 11 is 0. The predicted octanol–water partition coefficient (Wildman–Crippen LogP) is 1.97. The molecule has 1 fully saturated rings. The highest BCUT2D eigenvalue weighted by Gasteiger charge is 2.43. The average Bonchev–Trinajstić information content (AvgIpc) is 2.64. The van der Waals surface area contributed by atoms with E-state index in [1.165, 1.54) is 4.90 Å². The van der Waals surface area contributed by atoms with Crippen molar-refractivity contribution in [3.63, 3.8) is 0 Å². The third kappa shape index (κ3) is 2.38. The minimum absolute atomic E-state index is 0.0981. The molecule has 1 N–H and O–H groups in total. The van der Waals surface area contributed by atoms with Gasteiger partial charge in [-0.1, -0.05) is 18.2 Å². The average molecular weight is 264 g/mol. The second kappa shape index (κ2) is 5.09. The SMILES string of the molecule is CC(C)N1C(=O)OC(c2ccccc2N(C)C)C1O. The molecule has 0 saturated carbocycles. The molecule has 1 aliphatic heterocycles. The number of cyclic esters (lactones) is 1. The molecule has 1 aromatic rings. The van der Waals surface area contributed by atoms with Crippen molar-refractivity contribution in [2.45, 2.75) is 32.2 Å². The van der Waals surface area contributed by atoms with Crippen LogP contribution in [-0.4, -0.2) is 42.5 Å². The van der Waals surface area contributed by atoms with Crippen LogP contribution in [-0.2, 0) is 4.74 Å². The summed E-state index contributed by atoms with van der Waals surface area (Å²) in [5.41, 5.74) is 1.75. The minimum atomic E-state index is -0.950. The lowest BCUT2D eigenvalue weighted by Gasteiger charge is -2.25. The zero-order valence-corrected chi connectivity index (χ0v) is 11.7. The third-order valence-electron chi connectivity index (χ3n) is 3.28. The van der Waals surface area contributed by atoms with Gasteiger partial charge < -0.3 is 14.7 Å². The first-order valence-electron chi connectivity index (χ1n) is 6.36. The molecule has 5 heteroatoms. The van der Waals surface area contributed by atoms with Crippen molar-refractivity contribution in [2.75, 3.05) is 19.0 Å². The van der Waals surface area contributed by atoms with Gasteiger partial charge in [0.1, 0.15) is 0 Å². The minimum Gasteiger partial charge on any atom is -0.436 e. The van der Waals surface area contributed by atoms with Crippen LogP contribution in [0.3, 0.4) is 0 Å². The number of amides is 1. The fourth-order valence-electron chi connectivity index (χ4n) is 2.36. The van der Waals surface area contributed by atoms with Crippen LogP contribution < -0.4 is 4.90 Å². The second-order valence-electron chi connectivity index (χ2n) is 5.17. The zero-order chi connectivity index (χ0) is 14.2. The number of carbonyl (C=O) groups is 1. The summed E-state index contributed by atoms with van der Waals surface area (Å²) in [4.78, 5) is 15.1. The molecule has 1 aliphatic rings. The summed E-state index contributed by atoms with van der Waals surface area (Å²) < 4.78 is 5.33. The Morgan fingerprint density at radius 3 is 2.47 bits per heavy atom. The predicted molar refractivity (Wildman–Crippen MR) is 73.0 cm³/mol. The van der Waals surface area contributed by atoms with E-state index in [4.69, 9.17) is 4.74 Å². The number of nitrogens with zero attached hydrogens (tertiary/aromatic N) is 2. The van der Waals surface area contributed by atoms with E-state index in [-0.39, 0.29) is 6.04 Å². The fourth-order valence-corrected chi connectivity index (χ4v) is 2.36. The molecular formula is C14H20N2O3. The van der Waals surface area contributed by atoms with Crippen LogP contribution >= 0.6 is 0 Å². The van der Waals surface area contributed by atoms with Crippen LogP contribution in [0.4, 0.5) is 10.5 Å². The van der Waals surface area contributed by atoms with E-state index < -0.39 is 18.4 Å². The van der Waals surface area contributed by atoms with Gasteiger partial charge in [-0.05, 0) is 19.9 Å². The summed E-state index contributed by atoms with van der Waals surface area (Å²) in [5.74, 6) is 0. The van der Waals surface area contributed by atoms with Crippen molar-refractivity contribution in [1.82, 2.24) is 4.90 Å². The molecule has 1 saturated heterocycles. The van der Waals surface area contributed by atoms with Crippen molar-refractivity contribution < 1.29 is 14.6 Å². The van der Waals surface area contributed by atoms with E-state index >= 15 is 0 Å². The quantitative estimate of drug-likeness (QED) is 0.907. The molecular weight excluding hydrogens is 244 g/mol. The molecule has 2 rings (SSSR count). The van der Waals surface area contributed by atoms with Gasteiger partial charge >= 0.3 is 6.09 Å². The Kier molecular flexibility index (Phi) is 3.66. The summed E-state index contributed by atoms with van der Waals surface area (Å²) in [5, 5.41) is 10.3. The smallest absolute Gasteiger partial charge is 0.412 e. The second-order valence-corrected chi connectivity index (χ2v) is 5.17. The van der Waals surface area contributed by atoms with Crippen LogP contribution in [0.5, 0.6) is 0 Å². The topological polar surface area (TPSA) is 53.0 Å². The fraction of sp³-hybridized carbons (Fsp3) is 0.500. The van der Waals surface area contributed by atoms with E-state index in [9.17, 15) is 9.90 Å². The molecule has 2 atom stereocenters. The summed E-state index contributed by atoms with van der Waals surface area (Å²) in [6.45, 7) is 3.70. The largest absolute Gasteiger partial charge is 0.436 e. The number of aliphatic hydroxyl groups is 1. The van der Waals surface area contributed by atoms with Gasteiger partial charge in [-0.2, -0.15) is 0 Å². The van der Waals surface area contributed by atoms with Gasteiger partial charge in [0.05, 0.1) is 0 Å². The molecule has 1 aromatic carbocycles. The maximum atomic E-state index is 11.8. The van der Waals surface area contributed by atoms with Gasteiger partial charge in [-0.25, -0.2) is 4.79 Å². The number of carbonyl (C=O) groups excluding carboxylic acids is 1. The van der Waals surface area contributed by atoms with E-state index in [1.54, 1.807) is 0 Å². The summed E-state index contributed by atoms with van der Waals surface area (Å²) in [6.07, 6.45) is -2.07. The van der Waals surface area contributed by atoms with Crippen molar-refractivity contribution in [3.8, 4) is 0 Å². The summed E-state index contributed by atoms with van der Waals surface area (Å²) in [7, 11) is 3.84. The van der Waals surface area contributed by atoms with Crippen LogP contribution in [0.2, 0.25) is 0 Å². The maximum Gasteiger partial charge on any atom is 0.412 e. The van der Waals surface area contributed by atoms with Gasteiger partial charge in [0, 0.05) is 31.4 Å². The van der Waals surface area contributed by atoms with Gasteiger partial charge in [-0.15, -0.1) is 0 Å². The van der Waals surface area contributed by atoms with Crippen LogP contribution in [0.1, 0.15) is 25.5 Å². The van der Waals surface area contributed by atoms with Gasteiger partial charge in [0.25, 0.3) is 0 Å². The Morgan fingerprint density at radius 1 is 1.32 bits per heavy atom. The number of anilines is 1. The Labute approximate surface area is 113 Å². The molecule has 2 unspecified atom stereocenters. The Hall–Kier alpha value is -1.75. The first-order valence-corrected chi connectivity index (χ1v) is 6.36. The van der Waals surface area contributed by atoms with Crippen LogP contribution in [0.25, 0.3) is 0 Å². The van der Waals surface area contributed by atoms with Crippen LogP contribution in [0, 0.1) is 0 Å². The molecule has 5 nitrogen and oxygen atoms in total. The molecule has 0 spiro atoms. The summed E-state index contributed by atoms with van der Waals surface area (Å²) in [6, 6.07) is 7.51. The van der Waals surface area contributed by atoms with Crippen LogP contribution in [0.15, 0.2) is 24.3 Å². The van der Waals surface area contributed by atoms with Crippen molar-refractivity contribution in [2.24, 2.45) is 0 Å². The highest BCUT2D eigenvalue weighted by molar-refractivity contribution is 5.72. The number of para-hydroxylation sites is 1. The highest BCUT2D eigenvalue weighted by atomic mass is 16.6. The number of aliphatic hydroxyl groups excluding tert-OH is 1. The number of hydrogen-bond donors (Lipinski definition) is 1. The Morgan fingerprint density at radius 2 is 1.95 bits per heavy atom. The molecule has 104 valence electrons. The molecule has 0 aliphatic carbocycles. The Bertz CT molecular complexity index is 474. The van der Waals surface area contributed by atoms with Gasteiger partial charge in [-0.3, -0.25) is 4.90 Å². The lowest BCUT2D eigenvalue weighted by molar-refractivity contribution is 0.00317. The van der Waals surface area contributed by atoms with E-state index in [0.29, 0.717) is 0 Å². The third-order valence-corrected chi connectivity index (χ3v) is 3.28.